The molecular weight excluding hydrogens is 280 g/mol. The molecule has 90 valence electrons. The molecule has 0 radical (unpaired) electrons. The van der Waals surface area contributed by atoms with E-state index >= 15 is 0 Å². The van der Waals surface area contributed by atoms with E-state index in [1.54, 1.807) is 6.20 Å². The molecule has 0 aliphatic carbocycles. The van der Waals surface area contributed by atoms with E-state index in [0.29, 0.717) is 6.42 Å². The number of aliphatic hydroxyl groups excluding tert-OH is 1. The van der Waals surface area contributed by atoms with Crippen LogP contribution in [0, 0.1) is 0 Å². The Morgan fingerprint density at radius 3 is 2.71 bits per heavy atom. The molecule has 0 amide bonds. The molecule has 1 aromatic heterocycles. The van der Waals surface area contributed by atoms with Crippen molar-refractivity contribution < 1.29 is 5.11 Å². The molecule has 3 nitrogen and oxygen atoms in total. The number of aliphatic hydroxyl groups is 1. The van der Waals surface area contributed by atoms with Crippen molar-refractivity contribution in [3.8, 4) is 0 Å². The Bertz CT molecular complexity index is 481. The topological polar surface area (TPSA) is 38.0 Å². The van der Waals surface area contributed by atoms with Crippen molar-refractivity contribution in [2.75, 3.05) is 0 Å². The fourth-order valence-electron chi connectivity index (χ4n) is 1.89. The zero-order chi connectivity index (χ0) is 12.3. The van der Waals surface area contributed by atoms with Gasteiger partial charge in [-0.05, 0) is 28.4 Å². The second-order valence-corrected chi connectivity index (χ2v) is 4.75. The van der Waals surface area contributed by atoms with Crippen LogP contribution in [0.3, 0.4) is 0 Å². The number of benzene rings is 1. The Morgan fingerprint density at radius 2 is 2.06 bits per heavy atom. The minimum absolute atomic E-state index is 0.533. The normalized spacial score (nSPS) is 12.6. The minimum Gasteiger partial charge on any atom is -0.386 e. The van der Waals surface area contributed by atoms with Crippen LogP contribution < -0.4 is 0 Å². The first-order valence-electron chi connectivity index (χ1n) is 5.65. The van der Waals surface area contributed by atoms with Crippen LogP contribution in [0.4, 0.5) is 0 Å². The zero-order valence-electron chi connectivity index (χ0n) is 9.68. The van der Waals surface area contributed by atoms with Gasteiger partial charge in [0.1, 0.15) is 6.10 Å². The van der Waals surface area contributed by atoms with Gasteiger partial charge in [-0.25, -0.2) is 0 Å². The number of hydrogen-bond donors (Lipinski definition) is 1. The highest BCUT2D eigenvalue weighted by molar-refractivity contribution is 9.10. The van der Waals surface area contributed by atoms with Crippen molar-refractivity contribution in [1.29, 1.82) is 0 Å². The highest BCUT2D eigenvalue weighted by Crippen LogP contribution is 2.25. The quantitative estimate of drug-likeness (QED) is 0.941. The number of rotatable bonds is 4. The van der Waals surface area contributed by atoms with Gasteiger partial charge in [0.05, 0.1) is 16.4 Å². The summed E-state index contributed by atoms with van der Waals surface area (Å²) in [7, 11) is 0. The van der Waals surface area contributed by atoms with Crippen molar-refractivity contribution >= 4 is 15.9 Å². The molecule has 1 aromatic carbocycles. The van der Waals surface area contributed by atoms with Gasteiger partial charge in [-0.3, -0.25) is 4.68 Å². The maximum atomic E-state index is 10.3. The number of halogens is 1. The Hall–Kier alpha value is -1.13. The summed E-state index contributed by atoms with van der Waals surface area (Å²) in [4.78, 5) is 0. The Morgan fingerprint density at radius 1 is 1.35 bits per heavy atom. The van der Waals surface area contributed by atoms with Crippen molar-refractivity contribution in [3.05, 3.63) is 52.3 Å². The fraction of sp³-hybridized carbons (Fsp3) is 0.308. The molecule has 1 unspecified atom stereocenters. The van der Waals surface area contributed by atoms with E-state index < -0.39 is 6.10 Å². The molecule has 0 aliphatic heterocycles. The van der Waals surface area contributed by atoms with Crippen LogP contribution in [0.2, 0.25) is 0 Å². The largest absolute Gasteiger partial charge is 0.386 e. The van der Waals surface area contributed by atoms with E-state index in [4.69, 9.17) is 0 Å². The maximum Gasteiger partial charge on any atom is 0.101 e. The maximum absolute atomic E-state index is 10.3. The van der Waals surface area contributed by atoms with Crippen molar-refractivity contribution in [1.82, 2.24) is 9.78 Å². The van der Waals surface area contributed by atoms with E-state index in [9.17, 15) is 5.11 Å². The molecule has 1 atom stereocenters. The molecule has 0 spiro atoms. The monoisotopic (exact) mass is 294 g/mol. The second-order valence-electron chi connectivity index (χ2n) is 3.90. The molecule has 0 saturated heterocycles. The van der Waals surface area contributed by atoms with Crippen LogP contribution in [0.25, 0.3) is 0 Å². The summed E-state index contributed by atoms with van der Waals surface area (Å²) in [5.74, 6) is 0. The summed E-state index contributed by atoms with van der Waals surface area (Å²) >= 11 is 3.43. The van der Waals surface area contributed by atoms with E-state index in [1.165, 1.54) is 0 Å². The van der Waals surface area contributed by atoms with Gasteiger partial charge in [0.25, 0.3) is 0 Å². The summed E-state index contributed by atoms with van der Waals surface area (Å²) in [5.41, 5.74) is 1.96. The number of aromatic nitrogens is 2. The van der Waals surface area contributed by atoms with Crippen LogP contribution in [0.15, 0.2) is 41.0 Å². The highest BCUT2D eigenvalue weighted by Gasteiger charge is 2.17. The Kier molecular flexibility index (Phi) is 3.97. The van der Waals surface area contributed by atoms with E-state index in [-0.39, 0.29) is 0 Å². The van der Waals surface area contributed by atoms with Gasteiger partial charge >= 0.3 is 0 Å². The predicted octanol–water partition coefficient (Wildman–Crippen LogP) is 2.94. The first-order valence-corrected chi connectivity index (χ1v) is 6.45. The molecule has 2 aromatic rings. The van der Waals surface area contributed by atoms with Gasteiger partial charge < -0.3 is 5.11 Å². The molecule has 1 N–H and O–H groups in total. The Balaban J connectivity index is 2.20. The SMILES string of the molecule is CCn1ncc(Br)c1C(O)Cc1ccccc1. The van der Waals surface area contributed by atoms with E-state index in [1.807, 2.05) is 41.9 Å². The summed E-state index contributed by atoms with van der Waals surface area (Å²) < 4.78 is 2.68. The minimum atomic E-state index is -0.533. The highest BCUT2D eigenvalue weighted by atomic mass is 79.9. The first-order chi connectivity index (χ1) is 8.22. The molecule has 0 fully saturated rings. The van der Waals surface area contributed by atoms with Crippen LogP contribution in [0.1, 0.15) is 24.3 Å². The van der Waals surface area contributed by atoms with Gasteiger partial charge in [-0.1, -0.05) is 30.3 Å². The van der Waals surface area contributed by atoms with Crippen molar-refractivity contribution in [2.24, 2.45) is 0 Å². The van der Waals surface area contributed by atoms with Gasteiger partial charge in [0.2, 0.25) is 0 Å². The molecule has 0 bridgehead atoms. The summed E-state index contributed by atoms with van der Waals surface area (Å²) in [6.45, 7) is 2.77. The second kappa shape index (κ2) is 5.47. The van der Waals surface area contributed by atoms with E-state index in [2.05, 4.69) is 21.0 Å². The first kappa shape index (κ1) is 12.3. The smallest absolute Gasteiger partial charge is 0.101 e. The summed E-state index contributed by atoms with van der Waals surface area (Å²) in [6, 6.07) is 9.97. The lowest BCUT2D eigenvalue weighted by atomic mass is 10.1. The Labute approximate surface area is 109 Å². The third kappa shape index (κ3) is 2.76. The average Bonchev–Trinajstić information content (AvgIpc) is 2.71. The third-order valence-corrected chi connectivity index (χ3v) is 3.33. The van der Waals surface area contributed by atoms with E-state index in [0.717, 1.165) is 22.3 Å². The molecule has 2 rings (SSSR count). The standard InChI is InChI=1S/C13H15BrN2O/c1-2-16-13(11(14)9-15-16)12(17)8-10-6-4-3-5-7-10/h3-7,9,12,17H,2,8H2,1H3. The third-order valence-electron chi connectivity index (χ3n) is 2.72. The lowest BCUT2D eigenvalue weighted by Crippen LogP contribution is -2.10. The lowest BCUT2D eigenvalue weighted by Gasteiger charge is -2.13. The van der Waals surface area contributed by atoms with Crippen LogP contribution >= 0.6 is 15.9 Å². The summed E-state index contributed by atoms with van der Waals surface area (Å²) in [6.07, 6.45) is 1.80. The van der Waals surface area contributed by atoms with Crippen LogP contribution in [0.5, 0.6) is 0 Å². The predicted molar refractivity (Wildman–Crippen MR) is 70.7 cm³/mol. The van der Waals surface area contributed by atoms with Gasteiger partial charge in [0, 0.05) is 13.0 Å². The number of aryl methyl sites for hydroxylation is 1. The zero-order valence-corrected chi connectivity index (χ0v) is 11.3. The average molecular weight is 295 g/mol. The van der Waals surface area contributed by atoms with Crippen LogP contribution in [-0.4, -0.2) is 14.9 Å². The number of nitrogens with zero attached hydrogens (tertiary/aromatic N) is 2. The van der Waals surface area contributed by atoms with Gasteiger partial charge in [-0.2, -0.15) is 5.10 Å². The van der Waals surface area contributed by atoms with Crippen LogP contribution in [-0.2, 0) is 13.0 Å². The number of hydrogen-bond acceptors (Lipinski definition) is 2. The van der Waals surface area contributed by atoms with Crippen molar-refractivity contribution in [3.63, 3.8) is 0 Å². The molecule has 0 aliphatic rings. The molecule has 0 saturated carbocycles. The lowest BCUT2D eigenvalue weighted by molar-refractivity contribution is 0.166. The molecule has 4 heteroatoms. The van der Waals surface area contributed by atoms with Crippen molar-refractivity contribution in [2.45, 2.75) is 26.0 Å². The molecular formula is C13H15BrN2O. The molecule has 17 heavy (non-hydrogen) atoms. The fourth-order valence-corrected chi connectivity index (χ4v) is 2.45. The molecule has 1 heterocycles. The van der Waals surface area contributed by atoms with Gasteiger partial charge in [0.15, 0.2) is 0 Å². The van der Waals surface area contributed by atoms with Gasteiger partial charge in [-0.15, -0.1) is 0 Å². The summed E-state index contributed by atoms with van der Waals surface area (Å²) in [5, 5.41) is 14.5.